The minimum Gasteiger partial charge on any atom is -0.361 e. The molecule has 0 bridgehead atoms. The van der Waals surface area contributed by atoms with Crippen LogP contribution in [0, 0.1) is 0 Å². The van der Waals surface area contributed by atoms with Gasteiger partial charge in [-0.05, 0) is 54.3 Å². The monoisotopic (exact) mass is 423 g/mol. The summed E-state index contributed by atoms with van der Waals surface area (Å²) >= 11 is 6.13. The first kappa shape index (κ1) is 20.3. The highest BCUT2D eigenvalue weighted by molar-refractivity contribution is 6.31. The number of anilines is 1. The highest BCUT2D eigenvalue weighted by Gasteiger charge is 2.21. The van der Waals surface area contributed by atoms with Gasteiger partial charge in [-0.25, -0.2) is 0 Å². The van der Waals surface area contributed by atoms with Gasteiger partial charge in [-0.2, -0.15) is 0 Å². The van der Waals surface area contributed by atoms with Crippen LogP contribution in [0.25, 0.3) is 10.9 Å². The largest absolute Gasteiger partial charge is 0.361 e. The second-order valence-electron chi connectivity index (χ2n) is 7.42. The van der Waals surface area contributed by atoms with E-state index in [9.17, 15) is 4.79 Å². The molecule has 1 fully saturated rings. The van der Waals surface area contributed by atoms with Crippen molar-refractivity contribution in [2.75, 3.05) is 25.0 Å². The van der Waals surface area contributed by atoms with Gasteiger partial charge in [-0.3, -0.25) is 9.79 Å². The Morgan fingerprint density at radius 2 is 2.03 bits per heavy atom. The van der Waals surface area contributed by atoms with Gasteiger partial charge in [0.15, 0.2) is 5.96 Å². The van der Waals surface area contributed by atoms with Crippen LogP contribution in [0.4, 0.5) is 5.69 Å². The number of carbonyl (C=O) groups is 1. The van der Waals surface area contributed by atoms with E-state index in [1.165, 1.54) is 5.56 Å². The smallest absolute Gasteiger partial charge is 0.227 e. The summed E-state index contributed by atoms with van der Waals surface area (Å²) in [7, 11) is 1.77. The molecule has 2 aromatic carbocycles. The van der Waals surface area contributed by atoms with Crippen LogP contribution in [-0.2, 0) is 17.8 Å². The molecule has 1 aliphatic rings. The van der Waals surface area contributed by atoms with E-state index in [-0.39, 0.29) is 5.91 Å². The number of halogens is 1. The highest BCUT2D eigenvalue weighted by Crippen LogP contribution is 2.23. The topological polar surface area (TPSA) is 72.5 Å². The van der Waals surface area contributed by atoms with Gasteiger partial charge in [0, 0.05) is 60.9 Å². The van der Waals surface area contributed by atoms with Crippen molar-refractivity contribution in [1.29, 1.82) is 0 Å². The maximum absolute atomic E-state index is 11.9. The molecule has 6 nitrogen and oxygen atoms in total. The molecule has 1 amide bonds. The van der Waals surface area contributed by atoms with Gasteiger partial charge in [0.25, 0.3) is 0 Å². The number of hydrogen-bond acceptors (Lipinski definition) is 2. The Balaban J connectivity index is 1.27. The molecule has 7 heteroatoms. The van der Waals surface area contributed by atoms with Crippen molar-refractivity contribution in [1.82, 2.24) is 15.6 Å². The van der Waals surface area contributed by atoms with Crippen molar-refractivity contribution < 1.29 is 4.79 Å². The molecule has 2 heterocycles. The fourth-order valence-corrected chi connectivity index (χ4v) is 3.97. The van der Waals surface area contributed by atoms with Gasteiger partial charge >= 0.3 is 0 Å². The highest BCUT2D eigenvalue weighted by atomic mass is 35.5. The van der Waals surface area contributed by atoms with Crippen LogP contribution >= 0.6 is 11.6 Å². The molecule has 4 rings (SSSR count). The van der Waals surface area contributed by atoms with Crippen LogP contribution in [0.3, 0.4) is 0 Å². The number of carbonyl (C=O) groups excluding carboxylic acids is 1. The number of aromatic amines is 1. The third-order valence-electron chi connectivity index (χ3n) is 5.42. The number of fused-ring (bicyclic) bond motifs is 1. The van der Waals surface area contributed by atoms with Crippen molar-refractivity contribution in [2.45, 2.75) is 25.8 Å². The summed E-state index contributed by atoms with van der Waals surface area (Å²) in [4.78, 5) is 21.3. The lowest BCUT2D eigenvalue weighted by atomic mass is 10.1. The molecule has 0 atom stereocenters. The van der Waals surface area contributed by atoms with Crippen molar-refractivity contribution in [3.8, 4) is 0 Å². The molecule has 3 aromatic rings. The Morgan fingerprint density at radius 1 is 1.20 bits per heavy atom. The summed E-state index contributed by atoms with van der Waals surface area (Å²) in [6.07, 6.45) is 4.48. The second kappa shape index (κ2) is 9.22. The van der Waals surface area contributed by atoms with Crippen LogP contribution < -0.4 is 15.5 Å². The number of H-pyrrole nitrogens is 1. The number of rotatable bonds is 6. The van der Waals surface area contributed by atoms with E-state index in [0.29, 0.717) is 13.0 Å². The normalized spacial score (nSPS) is 14.5. The van der Waals surface area contributed by atoms with E-state index in [4.69, 9.17) is 11.6 Å². The Bertz CT molecular complexity index is 1060. The summed E-state index contributed by atoms with van der Waals surface area (Å²) in [6.45, 7) is 2.24. The summed E-state index contributed by atoms with van der Waals surface area (Å²) in [6, 6.07) is 14.0. The van der Waals surface area contributed by atoms with Crippen molar-refractivity contribution in [3.63, 3.8) is 0 Å². The SMILES string of the molecule is CN=C(NCCc1c[nH]c2ccc(Cl)cc12)NCc1ccc(N2CCCC2=O)cc1. The molecule has 1 saturated heterocycles. The van der Waals surface area contributed by atoms with Crippen LogP contribution in [0.15, 0.2) is 53.7 Å². The third-order valence-corrected chi connectivity index (χ3v) is 5.66. The van der Waals surface area contributed by atoms with Gasteiger partial charge in [0.05, 0.1) is 0 Å². The molecular formula is C23H26ClN5O. The number of guanidine groups is 1. The Kier molecular flexibility index (Phi) is 6.23. The number of hydrogen-bond donors (Lipinski definition) is 3. The van der Waals surface area contributed by atoms with Crippen molar-refractivity contribution in [2.24, 2.45) is 4.99 Å². The molecule has 30 heavy (non-hydrogen) atoms. The van der Waals surface area contributed by atoms with E-state index in [1.807, 2.05) is 41.4 Å². The van der Waals surface area contributed by atoms with Gasteiger partial charge in [-0.15, -0.1) is 0 Å². The molecule has 0 saturated carbocycles. The van der Waals surface area contributed by atoms with Crippen molar-refractivity contribution >= 4 is 40.1 Å². The molecular weight excluding hydrogens is 398 g/mol. The molecule has 3 N–H and O–H groups in total. The van der Waals surface area contributed by atoms with E-state index in [1.54, 1.807) is 7.05 Å². The zero-order chi connectivity index (χ0) is 20.9. The fraction of sp³-hybridized carbons (Fsp3) is 0.304. The molecule has 0 aliphatic carbocycles. The molecule has 0 spiro atoms. The number of amides is 1. The zero-order valence-electron chi connectivity index (χ0n) is 17.0. The predicted octanol–water partition coefficient (Wildman–Crippen LogP) is 3.86. The summed E-state index contributed by atoms with van der Waals surface area (Å²) in [5.74, 6) is 0.967. The fourth-order valence-electron chi connectivity index (χ4n) is 3.79. The first-order valence-corrected chi connectivity index (χ1v) is 10.6. The average molecular weight is 424 g/mol. The molecule has 0 radical (unpaired) electrons. The first-order valence-electron chi connectivity index (χ1n) is 10.2. The number of aliphatic imine (C=N–C) groups is 1. The van der Waals surface area contributed by atoms with E-state index < -0.39 is 0 Å². The van der Waals surface area contributed by atoms with E-state index in [2.05, 4.69) is 32.7 Å². The summed E-state index contributed by atoms with van der Waals surface area (Å²) in [5.41, 5.74) is 4.43. The molecule has 1 aliphatic heterocycles. The molecule has 0 unspecified atom stereocenters. The lowest BCUT2D eigenvalue weighted by molar-refractivity contribution is -0.117. The number of nitrogens with one attached hydrogen (secondary N) is 3. The van der Waals surface area contributed by atoms with Gasteiger partial charge < -0.3 is 20.5 Å². The number of aromatic nitrogens is 1. The average Bonchev–Trinajstić information content (AvgIpc) is 3.37. The maximum atomic E-state index is 11.9. The van der Waals surface area contributed by atoms with Gasteiger partial charge in [-0.1, -0.05) is 23.7 Å². The minimum absolute atomic E-state index is 0.211. The van der Waals surface area contributed by atoms with Gasteiger partial charge in [0.1, 0.15) is 0 Å². The van der Waals surface area contributed by atoms with Gasteiger partial charge in [0.2, 0.25) is 5.91 Å². The quantitative estimate of drug-likeness (QED) is 0.416. The summed E-state index contributed by atoms with van der Waals surface area (Å²) in [5, 5.41) is 8.60. The van der Waals surface area contributed by atoms with Crippen LogP contribution in [0.5, 0.6) is 0 Å². The summed E-state index contributed by atoms with van der Waals surface area (Å²) < 4.78 is 0. The molecule has 1 aromatic heterocycles. The Morgan fingerprint density at radius 3 is 2.77 bits per heavy atom. The van der Waals surface area contributed by atoms with Crippen molar-refractivity contribution in [3.05, 3.63) is 64.8 Å². The standard InChI is InChI=1S/C23H26ClN5O/c1-25-23(26-11-10-17-15-27-21-9-6-18(24)13-20(17)21)28-14-16-4-7-19(8-5-16)29-12-2-3-22(29)30/h4-9,13,15,27H,2-3,10-12,14H2,1H3,(H2,25,26,28). The first-order chi connectivity index (χ1) is 14.6. The van der Waals surface area contributed by atoms with Crippen LogP contribution in [0.2, 0.25) is 5.02 Å². The zero-order valence-corrected chi connectivity index (χ0v) is 17.8. The second-order valence-corrected chi connectivity index (χ2v) is 7.86. The van der Waals surface area contributed by atoms with E-state index >= 15 is 0 Å². The Labute approximate surface area is 181 Å². The number of nitrogens with zero attached hydrogens (tertiary/aromatic N) is 2. The number of benzene rings is 2. The lowest BCUT2D eigenvalue weighted by Crippen LogP contribution is -2.37. The Hall–Kier alpha value is -2.99. The lowest BCUT2D eigenvalue weighted by Gasteiger charge is -2.16. The maximum Gasteiger partial charge on any atom is 0.227 e. The predicted molar refractivity (Wildman–Crippen MR) is 123 cm³/mol. The minimum atomic E-state index is 0.211. The van der Waals surface area contributed by atoms with E-state index in [0.717, 1.165) is 59.1 Å². The molecule has 156 valence electrons. The van der Waals surface area contributed by atoms with Crippen LogP contribution in [-0.4, -0.2) is 37.0 Å². The third kappa shape index (κ3) is 4.60. The van der Waals surface area contributed by atoms with Crippen LogP contribution in [0.1, 0.15) is 24.0 Å².